The van der Waals surface area contributed by atoms with Crippen molar-refractivity contribution in [3.05, 3.63) is 28.6 Å². The maximum Gasteiger partial charge on any atom is 0.321 e. The van der Waals surface area contributed by atoms with Crippen molar-refractivity contribution in [2.24, 2.45) is 5.11 Å². The highest BCUT2D eigenvalue weighted by molar-refractivity contribution is 5.90. The zero-order valence-electron chi connectivity index (χ0n) is 11.9. The first-order chi connectivity index (χ1) is 10.2. The highest BCUT2D eigenvalue weighted by Crippen LogP contribution is 2.26. The maximum atomic E-state index is 12.2. The van der Waals surface area contributed by atoms with Crippen LogP contribution in [-0.2, 0) is 0 Å². The maximum absolute atomic E-state index is 12.2. The molecule has 8 heteroatoms. The molecule has 1 aliphatic heterocycles. The first-order valence-electron chi connectivity index (χ1n) is 6.49. The Kier molecular flexibility index (Phi) is 4.73. The Hall–Kier alpha value is -2.60. The van der Waals surface area contributed by atoms with Gasteiger partial charge >= 0.3 is 6.03 Å². The molecule has 1 heterocycles. The van der Waals surface area contributed by atoms with E-state index < -0.39 is 0 Å². The van der Waals surface area contributed by atoms with Gasteiger partial charge in [0.25, 0.3) is 0 Å². The van der Waals surface area contributed by atoms with Crippen LogP contribution < -0.4 is 14.8 Å². The number of nitrogens with one attached hydrogen (secondary N) is 1. The van der Waals surface area contributed by atoms with Crippen molar-refractivity contribution >= 4 is 11.7 Å². The number of hydrogen-bond acceptors (Lipinski definition) is 4. The third-order valence-corrected chi connectivity index (χ3v) is 3.27. The second-order valence-corrected chi connectivity index (χ2v) is 4.62. The molecule has 1 N–H and O–H groups in total. The minimum Gasteiger partial charge on any atom is -0.497 e. The van der Waals surface area contributed by atoms with Crippen LogP contribution in [0.2, 0.25) is 0 Å². The molecule has 0 spiro atoms. The number of likely N-dealkylation sites (tertiary alicyclic amines) is 1. The molecule has 1 fully saturated rings. The van der Waals surface area contributed by atoms with Crippen molar-refractivity contribution in [3.63, 3.8) is 0 Å². The van der Waals surface area contributed by atoms with Crippen LogP contribution in [0.4, 0.5) is 10.5 Å². The molecule has 112 valence electrons. The van der Waals surface area contributed by atoms with Gasteiger partial charge < -0.3 is 19.7 Å². The van der Waals surface area contributed by atoms with Crippen LogP contribution in [0.5, 0.6) is 11.5 Å². The second-order valence-electron chi connectivity index (χ2n) is 4.62. The Bertz CT molecular complexity index is 549. The van der Waals surface area contributed by atoms with E-state index in [0.717, 1.165) is 0 Å². The number of amides is 2. The first-order valence-corrected chi connectivity index (χ1v) is 6.49. The van der Waals surface area contributed by atoms with E-state index in [1.165, 1.54) is 0 Å². The average molecular weight is 291 g/mol. The largest absolute Gasteiger partial charge is 0.497 e. The molecule has 0 bridgehead atoms. The highest BCUT2D eigenvalue weighted by Gasteiger charge is 2.25. The monoisotopic (exact) mass is 291 g/mol. The number of anilines is 1. The van der Waals surface area contributed by atoms with Crippen molar-refractivity contribution in [2.75, 3.05) is 32.6 Å². The minimum atomic E-state index is -0.235. The number of hydrogen-bond donors (Lipinski definition) is 1. The molecule has 1 atom stereocenters. The van der Waals surface area contributed by atoms with E-state index >= 15 is 0 Å². The summed E-state index contributed by atoms with van der Waals surface area (Å²) >= 11 is 0. The molecule has 1 aromatic carbocycles. The van der Waals surface area contributed by atoms with E-state index in [2.05, 4.69) is 15.3 Å². The van der Waals surface area contributed by atoms with Gasteiger partial charge in [-0.1, -0.05) is 5.11 Å². The van der Waals surface area contributed by atoms with Crippen LogP contribution in [0, 0.1) is 0 Å². The Labute approximate surface area is 122 Å². The van der Waals surface area contributed by atoms with Gasteiger partial charge in [-0.05, 0) is 12.0 Å². The molecule has 0 saturated carbocycles. The lowest BCUT2D eigenvalue weighted by Crippen LogP contribution is -2.33. The fourth-order valence-corrected chi connectivity index (χ4v) is 2.18. The van der Waals surface area contributed by atoms with E-state index in [4.69, 9.17) is 15.0 Å². The fourth-order valence-electron chi connectivity index (χ4n) is 2.18. The summed E-state index contributed by atoms with van der Waals surface area (Å²) in [6.45, 7) is 0.994. The molecule has 1 aromatic rings. The number of rotatable bonds is 4. The topological polar surface area (TPSA) is 99.6 Å². The number of ether oxygens (including phenoxy) is 2. The number of carbonyl (C=O) groups is 1. The van der Waals surface area contributed by atoms with E-state index in [9.17, 15) is 4.79 Å². The van der Waals surface area contributed by atoms with Crippen molar-refractivity contribution in [1.29, 1.82) is 0 Å². The molecule has 1 saturated heterocycles. The number of carbonyl (C=O) groups excluding carboxylic acids is 1. The van der Waals surface area contributed by atoms with Gasteiger partial charge in [0, 0.05) is 41.9 Å². The van der Waals surface area contributed by atoms with Gasteiger partial charge in [-0.2, -0.15) is 0 Å². The van der Waals surface area contributed by atoms with Gasteiger partial charge in [-0.15, -0.1) is 0 Å². The molecule has 21 heavy (non-hydrogen) atoms. The van der Waals surface area contributed by atoms with Gasteiger partial charge in [-0.3, -0.25) is 0 Å². The molecular formula is C13H17N5O3. The molecular weight excluding hydrogens is 274 g/mol. The molecule has 0 aliphatic carbocycles. The Balaban J connectivity index is 2.04. The van der Waals surface area contributed by atoms with Crippen LogP contribution in [0.25, 0.3) is 10.4 Å². The van der Waals surface area contributed by atoms with Crippen LogP contribution in [0.15, 0.2) is 23.3 Å². The van der Waals surface area contributed by atoms with Gasteiger partial charge in [0.05, 0.1) is 20.3 Å². The number of urea groups is 1. The predicted octanol–water partition coefficient (Wildman–Crippen LogP) is 2.62. The third kappa shape index (κ3) is 3.70. The zero-order valence-corrected chi connectivity index (χ0v) is 11.9. The van der Waals surface area contributed by atoms with E-state index in [1.54, 1.807) is 37.3 Å². The molecule has 2 amide bonds. The predicted molar refractivity (Wildman–Crippen MR) is 77.7 cm³/mol. The molecule has 0 radical (unpaired) electrons. The van der Waals surface area contributed by atoms with Crippen LogP contribution in [-0.4, -0.2) is 44.3 Å². The van der Waals surface area contributed by atoms with E-state index in [-0.39, 0.29) is 12.1 Å². The van der Waals surface area contributed by atoms with Crippen molar-refractivity contribution in [3.8, 4) is 11.5 Å². The summed E-state index contributed by atoms with van der Waals surface area (Å²) in [5.74, 6) is 1.19. The Morgan fingerprint density at radius 1 is 1.38 bits per heavy atom. The van der Waals surface area contributed by atoms with Crippen molar-refractivity contribution in [2.45, 2.75) is 12.5 Å². The lowest BCUT2D eigenvalue weighted by atomic mass is 10.3. The highest BCUT2D eigenvalue weighted by atomic mass is 16.5. The summed E-state index contributed by atoms with van der Waals surface area (Å²) < 4.78 is 10.3. The normalized spacial score (nSPS) is 17.0. The van der Waals surface area contributed by atoms with Gasteiger partial charge in [0.1, 0.15) is 11.5 Å². The Morgan fingerprint density at radius 3 is 2.62 bits per heavy atom. The lowest BCUT2D eigenvalue weighted by molar-refractivity contribution is 0.222. The average Bonchev–Trinajstić information content (AvgIpc) is 2.96. The van der Waals surface area contributed by atoms with Crippen molar-refractivity contribution in [1.82, 2.24) is 4.90 Å². The summed E-state index contributed by atoms with van der Waals surface area (Å²) in [6, 6.07) is 4.76. The summed E-state index contributed by atoms with van der Waals surface area (Å²) in [4.78, 5) is 16.6. The Morgan fingerprint density at radius 2 is 2.05 bits per heavy atom. The quantitative estimate of drug-likeness (QED) is 0.524. The third-order valence-electron chi connectivity index (χ3n) is 3.27. The van der Waals surface area contributed by atoms with Crippen LogP contribution >= 0.6 is 0 Å². The smallest absolute Gasteiger partial charge is 0.321 e. The lowest BCUT2D eigenvalue weighted by Gasteiger charge is -2.17. The number of azide groups is 1. The molecule has 1 aliphatic rings. The summed E-state index contributed by atoms with van der Waals surface area (Å²) in [6.07, 6.45) is 0.679. The molecule has 0 aromatic heterocycles. The number of benzene rings is 1. The molecule has 1 unspecified atom stereocenters. The summed E-state index contributed by atoms with van der Waals surface area (Å²) in [7, 11) is 3.09. The number of methoxy groups -OCH3 is 2. The summed E-state index contributed by atoms with van der Waals surface area (Å²) in [5.41, 5.74) is 9.00. The first kappa shape index (κ1) is 14.8. The van der Waals surface area contributed by atoms with Gasteiger partial charge in [-0.25, -0.2) is 4.79 Å². The second kappa shape index (κ2) is 6.71. The van der Waals surface area contributed by atoms with Crippen LogP contribution in [0.3, 0.4) is 0 Å². The molecule has 2 rings (SSSR count). The van der Waals surface area contributed by atoms with Gasteiger partial charge in [0.15, 0.2) is 0 Å². The van der Waals surface area contributed by atoms with Crippen molar-refractivity contribution < 1.29 is 14.3 Å². The van der Waals surface area contributed by atoms with E-state index in [0.29, 0.717) is 36.7 Å². The minimum absolute atomic E-state index is 0.152. The zero-order chi connectivity index (χ0) is 15.2. The number of nitrogens with zero attached hydrogens (tertiary/aromatic N) is 4. The SMILES string of the molecule is COc1cc(NC(=O)N2CCC(N=[N+]=[N-])C2)cc(OC)c1. The summed E-state index contributed by atoms with van der Waals surface area (Å²) in [5, 5.41) is 6.43. The van der Waals surface area contributed by atoms with Gasteiger partial charge in [0.2, 0.25) is 0 Å². The molecule has 8 nitrogen and oxygen atoms in total. The van der Waals surface area contributed by atoms with E-state index in [1.807, 2.05) is 0 Å². The van der Waals surface area contributed by atoms with Crippen LogP contribution in [0.1, 0.15) is 6.42 Å². The standard InChI is InChI=1S/C13H17N5O3/c1-20-11-5-10(6-12(7-11)21-2)15-13(19)18-4-3-9(8-18)16-17-14/h5-7,9H,3-4,8H2,1-2H3,(H,15,19). The fraction of sp³-hybridized carbons (Fsp3) is 0.462.